The highest BCUT2D eigenvalue weighted by Gasteiger charge is 2.25. The van der Waals surface area contributed by atoms with E-state index in [2.05, 4.69) is 0 Å². The van der Waals surface area contributed by atoms with E-state index in [-0.39, 0.29) is 5.91 Å². The number of piperidine rings is 1. The Labute approximate surface area is 94.7 Å². The third kappa shape index (κ3) is 1.77. The molecule has 0 atom stereocenters. The Morgan fingerprint density at radius 3 is 2.38 bits per heavy atom. The number of carbonyl (C=O) groups excluding carboxylic acids is 1. The van der Waals surface area contributed by atoms with Crippen molar-refractivity contribution in [2.24, 2.45) is 0 Å². The van der Waals surface area contributed by atoms with Gasteiger partial charge in [-0.2, -0.15) is 0 Å². The van der Waals surface area contributed by atoms with Crippen LogP contribution in [0.15, 0.2) is 34.0 Å². The van der Waals surface area contributed by atoms with Gasteiger partial charge in [-0.3, -0.25) is 4.79 Å². The van der Waals surface area contributed by atoms with Gasteiger partial charge in [0.2, 0.25) is 0 Å². The molecular weight excluding hydrogens is 202 g/mol. The van der Waals surface area contributed by atoms with Crippen LogP contribution in [0.2, 0.25) is 0 Å². The number of hydrogen-bond donors (Lipinski definition) is 0. The Morgan fingerprint density at radius 2 is 1.81 bits per heavy atom. The lowest BCUT2D eigenvalue weighted by Gasteiger charge is -2.27. The van der Waals surface area contributed by atoms with Crippen LogP contribution in [0.4, 0.5) is 0 Å². The third-order valence-electron chi connectivity index (χ3n) is 3.39. The van der Waals surface area contributed by atoms with Crippen molar-refractivity contribution < 1.29 is 9.21 Å². The van der Waals surface area contributed by atoms with E-state index in [0.717, 1.165) is 25.9 Å². The van der Waals surface area contributed by atoms with Crippen LogP contribution in [-0.2, 0) is 0 Å². The largest absolute Gasteiger partial charge is 0.459 e. The second kappa shape index (κ2) is 3.81. The smallest absolute Gasteiger partial charge is 0.289 e. The Hall–Kier alpha value is -1.51. The van der Waals surface area contributed by atoms with Crippen LogP contribution in [0.1, 0.15) is 36.2 Å². The Balaban J connectivity index is 1.66. The lowest BCUT2D eigenvalue weighted by atomic mass is 10.0. The summed E-state index contributed by atoms with van der Waals surface area (Å²) in [4.78, 5) is 13.9. The summed E-state index contributed by atoms with van der Waals surface area (Å²) >= 11 is 0. The molecule has 2 fully saturated rings. The zero-order valence-electron chi connectivity index (χ0n) is 9.24. The van der Waals surface area contributed by atoms with Crippen LogP contribution in [0.3, 0.4) is 0 Å². The summed E-state index contributed by atoms with van der Waals surface area (Å²) in [5, 5.41) is 0. The molecule has 16 heavy (non-hydrogen) atoms. The van der Waals surface area contributed by atoms with Gasteiger partial charge in [0.15, 0.2) is 5.76 Å². The second-order valence-corrected chi connectivity index (χ2v) is 4.48. The van der Waals surface area contributed by atoms with Gasteiger partial charge in [-0.25, -0.2) is 0 Å². The van der Waals surface area contributed by atoms with Crippen LogP contribution in [0.5, 0.6) is 0 Å². The number of amides is 1. The highest BCUT2D eigenvalue weighted by molar-refractivity contribution is 5.91. The van der Waals surface area contributed by atoms with Crippen molar-refractivity contribution in [1.29, 1.82) is 0 Å². The molecule has 84 valence electrons. The Kier molecular flexibility index (Phi) is 2.31. The Morgan fingerprint density at radius 1 is 1.12 bits per heavy atom. The summed E-state index contributed by atoms with van der Waals surface area (Å²) in [5.74, 6) is 0.493. The van der Waals surface area contributed by atoms with E-state index in [1.54, 1.807) is 29.5 Å². The molecule has 0 unspecified atom stereocenters. The quantitative estimate of drug-likeness (QED) is 0.677. The summed E-state index contributed by atoms with van der Waals surface area (Å²) in [6, 6.07) is 3.49. The van der Waals surface area contributed by atoms with Crippen LogP contribution in [0, 0.1) is 0 Å². The van der Waals surface area contributed by atoms with Gasteiger partial charge in [-0.15, -0.1) is 0 Å². The summed E-state index contributed by atoms with van der Waals surface area (Å²) in [5.41, 5.74) is 3.24. The summed E-state index contributed by atoms with van der Waals surface area (Å²) < 4.78 is 5.13. The zero-order chi connectivity index (χ0) is 11.0. The summed E-state index contributed by atoms with van der Waals surface area (Å²) in [6.07, 6.45) is 6.25. The highest BCUT2D eigenvalue weighted by Crippen LogP contribution is 2.36. The molecule has 1 saturated carbocycles. The fraction of sp³-hybridized carbons (Fsp3) is 0.462. The molecule has 2 heterocycles. The standard InChI is InChI=1S/C13H15NO2/c15-13(12-2-1-9-16-12)14-7-5-11(6-8-14)10-3-4-10/h1-2,9H,3-8H2. The molecule has 0 spiro atoms. The van der Waals surface area contributed by atoms with Crippen molar-refractivity contribution in [3.05, 3.63) is 35.3 Å². The number of allylic oxidation sites excluding steroid dienone is 1. The van der Waals surface area contributed by atoms with E-state index >= 15 is 0 Å². The first-order valence-electron chi connectivity index (χ1n) is 5.87. The first kappa shape index (κ1) is 9.70. The molecule has 2 aliphatic rings. The number of hydrogen-bond acceptors (Lipinski definition) is 2. The van der Waals surface area contributed by atoms with Crippen LogP contribution < -0.4 is 0 Å². The van der Waals surface area contributed by atoms with E-state index in [0.29, 0.717) is 5.76 Å². The van der Waals surface area contributed by atoms with Gasteiger partial charge in [-0.05, 0) is 37.8 Å². The number of nitrogens with zero attached hydrogens (tertiary/aromatic N) is 1. The van der Waals surface area contributed by atoms with E-state index in [9.17, 15) is 4.79 Å². The maximum atomic E-state index is 12.0. The van der Waals surface area contributed by atoms with Crippen molar-refractivity contribution in [3.8, 4) is 0 Å². The molecule has 0 bridgehead atoms. The fourth-order valence-corrected chi connectivity index (χ4v) is 2.31. The van der Waals surface area contributed by atoms with Gasteiger partial charge < -0.3 is 9.32 Å². The van der Waals surface area contributed by atoms with Crippen molar-refractivity contribution in [3.63, 3.8) is 0 Å². The van der Waals surface area contributed by atoms with Crippen molar-refractivity contribution in [2.75, 3.05) is 13.1 Å². The van der Waals surface area contributed by atoms with Crippen molar-refractivity contribution in [2.45, 2.75) is 25.7 Å². The van der Waals surface area contributed by atoms with Crippen LogP contribution in [-0.4, -0.2) is 23.9 Å². The molecule has 1 amide bonds. The van der Waals surface area contributed by atoms with Gasteiger partial charge in [0.25, 0.3) is 5.91 Å². The second-order valence-electron chi connectivity index (χ2n) is 4.48. The molecule has 1 aliphatic heterocycles. The van der Waals surface area contributed by atoms with Gasteiger partial charge in [0.1, 0.15) is 0 Å². The zero-order valence-corrected chi connectivity index (χ0v) is 9.24. The first-order chi connectivity index (χ1) is 7.84. The average molecular weight is 217 g/mol. The molecule has 1 saturated heterocycles. The van der Waals surface area contributed by atoms with Gasteiger partial charge in [0, 0.05) is 13.1 Å². The number of likely N-dealkylation sites (tertiary alicyclic amines) is 1. The SMILES string of the molecule is O=C(c1ccco1)N1CCC(=C2CC2)CC1. The van der Waals surface area contributed by atoms with Gasteiger partial charge in [0.05, 0.1) is 6.26 Å². The molecule has 3 rings (SSSR count). The topological polar surface area (TPSA) is 33.5 Å². The molecule has 3 nitrogen and oxygen atoms in total. The molecule has 0 aromatic carbocycles. The molecule has 1 aromatic heterocycles. The summed E-state index contributed by atoms with van der Waals surface area (Å²) in [7, 11) is 0. The number of carbonyl (C=O) groups is 1. The molecule has 0 N–H and O–H groups in total. The number of rotatable bonds is 1. The summed E-state index contributed by atoms with van der Waals surface area (Å²) in [6.45, 7) is 1.69. The fourth-order valence-electron chi connectivity index (χ4n) is 2.31. The highest BCUT2D eigenvalue weighted by atomic mass is 16.3. The van der Waals surface area contributed by atoms with E-state index in [1.165, 1.54) is 12.8 Å². The third-order valence-corrected chi connectivity index (χ3v) is 3.39. The van der Waals surface area contributed by atoms with Crippen molar-refractivity contribution in [1.82, 2.24) is 4.90 Å². The average Bonchev–Trinajstić information content (AvgIpc) is 3.04. The minimum atomic E-state index is 0.0323. The van der Waals surface area contributed by atoms with E-state index < -0.39 is 0 Å². The molecule has 1 aromatic rings. The monoisotopic (exact) mass is 217 g/mol. The number of furan rings is 1. The van der Waals surface area contributed by atoms with Crippen LogP contribution >= 0.6 is 0 Å². The Bertz CT molecular complexity index is 415. The minimum absolute atomic E-state index is 0.0323. The first-order valence-corrected chi connectivity index (χ1v) is 5.87. The van der Waals surface area contributed by atoms with Crippen molar-refractivity contribution >= 4 is 5.91 Å². The molecule has 1 aliphatic carbocycles. The maximum Gasteiger partial charge on any atom is 0.289 e. The van der Waals surface area contributed by atoms with Crippen LogP contribution in [0.25, 0.3) is 0 Å². The lowest BCUT2D eigenvalue weighted by Crippen LogP contribution is -2.36. The van der Waals surface area contributed by atoms with Gasteiger partial charge >= 0.3 is 0 Å². The van der Waals surface area contributed by atoms with E-state index in [1.807, 2.05) is 4.90 Å². The molecule has 0 radical (unpaired) electrons. The minimum Gasteiger partial charge on any atom is -0.459 e. The predicted octanol–water partition coefficient (Wildman–Crippen LogP) is 2.61. The van der Waals surface area contributed by atoms with Gasteiger partial charge in [-0.1, -0.05) is 11.1 Å². The molecule has 3 heteroatoms. The molecular formula is C13H15NO2. The predicted molar refractivity (Wildman–Crippen MR) is 60.1 cm³/mol. The normalized spacial score (nSPS) is 20.1. The van der Waals surface area contributed by atoms with E-state index in [4.69, 9.17) is 4.42 Å². The maximum absolute atomic E-state index is 12.0. The lowest BCUT2D eigenvalue weighted by molar-refractivity contribution is 0.0711.